The molecule has 0 spiro atoms. The van der Waals surface area contributed by atoms with Gasteiger partial charge in [-0.15, -0.1) is 5.10 Å². The minimum Gasteiger partial charge on any atom is -0.311 e. The molecule has 0 aliphatic rings. The van der Waals surface area contributed by atoms with Crippen LogP contribution in [0.15, 0.2) is 11.1 Å². The summed E-state index contributed by atoms with van der Waals surface area (Å²) in [4.78, 5) is 17.8. The highest BCUT2D eigenvalue weighted by Gasteiger charge is 2.12. The maximum Gasteiger partial charge on any atom is 0.280 e. The third kappa shape index (κ3) is 1.19. The van der Waals surface area contributed by atoms with E-state index in [2.05, 4.69) is 20.3 Å². The van der Waals surface area contributed by atoms with Gasteiger partial charge in [-0.1, -0.05) is 12.1 Å². The Balaban J connectivity index is 2.70. The maximum atomic E-state index is 11.3. The van der Waals surface area contributed by atoms with E-state index in [9.17, 15) is 4.79 Å². The first-order valence-corrected chi connectivity index (χ1v) is 4.52. The molecule has 6 nitrogen and oxygen atoms in total. The van der Waals surface area contributed by atoms with Gasteiger partial charge in [-0.3, -0.25) is 4.79 Å². The van der Waals surface area contributed by atoms with Gasteiger partial charge in [-0.05, 0) is 13.3 Å². The zero-order valence-corrected chi connectivity index (χ0v) is 8.06. The molecule has 74 valence electrons. The molecule has 0 aromatic carbocycles. The lowest BCUT2D eigenvalue weighted by molar-refractivity contribution is 0.475. The van der Waals surface area contributed by atoms with E-state index < -0.39 is 0 Å². The minimum absolute atomic E-state index is 0.203. The number of aromatic nitrogens is 5. The Morgan fingerprint density at radius 1 is 1.64 bits per heavy atom. The molecule has 6 heteroatoms. The molecule has 1 atom stereocenters. The summed E-state index contributed by atoms with van der Waals surface area (Å²) in [5.74, 6) is 0. The third-order valence-electron chi connectivity index (χ3n) is 2.28. The lowest BCUT2D eigenvalue weighted by atomic mass is 10.3. The second-order valence-electron chi connectivity index (χ2n) is 3.20. The summed E-state index contributed by atoms with van der Waals surface area (Å²) in [6.45, 7) is 4.06. The van der Waals surface area contributed by atoms with Gasteiger partial charge in [0, 0.05) is 0 Å². The Morgan fingerprint density at radius 3 is 3.14 bits per heavy atom. The Hall–Kier alpha value is -1.72. The van der Waals surface area contributed by atoms with Crippen molar-refractivity contribution in [2.24, 2.45) is 0 Å². The molecule has 1 unspecified atom stereocenters. The number of fused-ring (bicyclic) bond motifs is 1. The monoisotopic (exact) mass is 193 g/mol. The summed E-state index contributed by atoms with van der Waals surface area (Å²) in [7, 11) is 0. The molecule has 2 rings (SSSR count). The van der Waals surface area contributed by atoms with Gasteiger partial charge < -0.3 is 4.98 Å². The Labute approximate surface area is 80.0 Å². The van der Waals surface area contributed by atoms with E-state index in [1.54, 1.807) is 4.68 Å². The van der Waals surface area contributed by atoms with Crippen molar-refractivity contribution in [3.05, 3.63) is 16.7 Å². The van der Waals surface area contributed by atoms with Crippen molar-refractivity contribution in [3.63, 3.8) is 0 Å². The number of rotatable bonds is 2. The van der Waals surface area contributed by atoms with E-state index in [1.807, 2.05) is 13.8 Å². The van der Waals surface area contributed by atoms with Gasteiger partial charge in [0.2, 0.25) is 0 Å². The first-order valence-electron chi connectivity index (χ1n) is 4.52. The number of H-pyrrole nitrogens is 1. The highest BCUT2D eigenvalue weighted by atomic mass is 16.1. The van der Waals surface area contributed by atoms with Gasteiger partial charge >= 0.3 is 0 Å². The predicted octanol–water partition coefficient (Wildman–Crippen LogP) is 0.486. The fraction of sp³-hybridized carbons (Fsp3) is 0.500. The first kappa shape index (κ1) is 8.86. The van der Waals surface area contributed by atoms with Crippen molar-refractivity contribution in [1.29, 1.82) is 0 Å². The number of aromatic amines is 1. The van der Waals surface area contributed by atoms with Crippen LogP contribution in [-0.4, -0.2) is 25.0 Å². The van der Waals surface area contributed by atoms with Crippen LogP contribution < -0.4 is 5.56 Å². The fourth-order valence-corrected chi connectivity index (χ4v) is 1.25. The van der Waals surface area contributed by atoms with Crippen LogP contribution in [-0.2, 0) is 0 Å². The molecule has 2 aromatic rings. The van der Waals surface area contributed by atoms with Crippen LogP contribution in [0.5, 0.6) is 0 Å². The van der Waals surface area contributed by atoms with Gasteiger partial charge in [0.15, 0.2) is 11.2 Å². The van der Waals surface area contributed by atoms with Crippen LogP contribution in [0.3, 0.4) is 0 Å². The molecule has 0 saturated carbocycles. The maximum absolute atomic E-state index is 11.3. The summed E-state index contributed by atoms with van der Waals surface area (Å²) >= 11 is 0. The molecule has 1 N–H and O–H groups in total. The molecule has 0 aliphatic heterocycles. The molecular weight excluding hydrogens is 182 g/mol. The molecule has 0 saturated heterocycles. The van der Waals surface area contributed by atoms with Crippen molar-refractivity contribution in [2.45, 2.75) is 26.3 Å². The summed E-state index contributed by atoms with van der Waals surface area (Å²) in [6, 6.07) is 0.203. The molecule has 0 bridgehead atoms. The quantitative estimate of drug-likeness (QED) is 0.752. The summed E-state index contributed by atoms with van der Waals surface area (Å²) in [5.41, 5.74) is 0.598. The van der Waals surface area contributed by atoms with Gasteiger partial charge in [0.25, 0.3) is 5.56 Å². The van der Waals surface area contributed by atoms with Crippen LogP contribution in [0, 0.1) is 0 Å². The van der Waals surface area contributed by atoms with Crippen LogP contribution >= 0.6 is 0 Å². The van der Waals surface area contributed by atoms with Crippen LogP contribution in [0.2, 0.25) is 0 Å². The van der Waals surface area contributed by atoms with Crippen molar-refractivity contribution < 1.29 is 0 Å². The standard InChI is InChI=1S/C8H11N5O/c1-3-5(2)13-7-6(11-12-13)8(14)10-4-9-7/h4-5H,3H2,1-2H3,(H,9,10,14). The molecule has 2 heterocycles. The average molecular weight is 193 g/mol. The third-order valence-corrected chi connectivity index (χ3v) is 2.28. The van der Waals surface area contributed by atoms with Gasteiger partial charge in [0.05, 0.1) is 12.4 Å². The Bertz CT molecular complexity index is 500. The number of hydrogen-bond acceptors (Lipinski definition) is 4. The zero-order chi connectivity index (χ0) is 10.1. The molecule has 14 heavy (non-hydrogen) atoms. The molecular formula is C8H11N5O. The van der Waals surface area contributed by atoms with Crippen molar-refractivity contribution >= 4 is 11.2 Å². The van der Waals surface area contributed by atoms with E-state index >= 15 is 0 Å². The Kier molecular flexibility index (Phi) is 2.03. The SMILES string of the molecule is CCC(C)n1nnc2c(=O)[nH]cnc21. The average Bonchev–Trinajstić information content (AvgIpc) is 2.62. The number of nitrogens with zero attached hydrogens (tertiary/aromatic N) is 4. The predicted molar refractivity (Wildman–Crippen MR) is 50.9 cm³/mol. The molecule has 0 radical (unpaired) electrons. The number of nitrogens with one attached hydrogen (secondary N) is 1. The smallest absolute Gasteiger partial charge is 0.280 e. The van der Waals surface area contributed by atoms with E-state index in [0.29, 0.717) is 11.2 Å². The molecule has 2 aromatic heterocycles. The Morgan fingerprint density at radius 2 is 2.43 bits per heavy atom. The highest BCUT2D eigenvalue weighted by molar-refractivity contribution is 5.67. The minimum atomic E-state index is -0.246. The second kappa shape index (κ2) is 3.21. The molecule has 0 fully saturated rings. The lowest BCUT2D eigenvalue weighted by Gasteiger charge is -2.07. The van der Waals surface area contributed by atoms with E-state index in [1.165, 1.54) is 6.33 Å². The summed E-state index contributed by atoms with van der Waals surface area (Å²) in [5, 5.41) is 7.70. The number of hydrogen-bond donors (Lipinski definition) is 1. The van der Waals surface area contributed by atoms with Gasteiger partial charge in [0.1, 0.15) is 0 Å². The van der Waals surface area contributed by atoms with Crippen molar-refractivity contribution in [1.82, 2.24) is 25.0 Å². The normalized spacial score (nSPS) is 13.3. The van der Waals surface area contributed by atoms with Crippen LogP contribution in [0.4, 0.5) is 0 Å². The largest absolute Gasteiger partial charge is 0.311 e. The van der Waals surface area contributed by atoms with E-state index in [0.717, 1.165) is 6.42 Å². The molecule has 0 amide bonds. The second-order valence-corrected chi connectivity index (χ2v) is 3.20. The lowest BCUT2D eigenvalue weighted by Crippen LogP contribution is -2.09. The van der Waals surface area contributed by atoms with E-state index in [-0.39, 0.29) is 11.6 Å². The fourth-order valence-electron chi connectivity index (χ4n) is 1.25. The van der Waals surface area contributed by atoms with Gasteiger partial charge in [-0.25, -0.2) is 9.67 Å². The van der Waals surface area contributed by atoms with Crippen LogP contribution in [0.1, 0.15) is 26.3 Å². The zero-order valence-electron chi connectivity index (χ0n) is 8.06. The topological polar surface area (TPSA) is 76.5 Å². The first-order chi connectivity index (χ1) is 6.74. The van der Waals surface area contributed by atoms with E-state index in [4.69, 9.17) is 0 Å². The van der Waals surface area contributed by atoms with Crippen LogP contribution in [0.25, 0.3) is 11.2 Å². The summed E-state index contributed by atoms with van der Waals surface area (Å²) in [6.07, 6.45) is 2.29. The van der Waals surface area contributed by atoms with Crippen molar-refractivity contribution in [2.75, 3.05) is 0 Å². The molecule has 0 aliphatic carbocycles. The van der Waals surface area contributed by atoms with Crippen molar-refractivity contribution in [3.8, 4) is 0 Å². The van der Waals surface area contributed by atoms with Gasteiger partial charge in [-0.2, -0.15) is 0 Å². The highest BCUT2D eigenvalue weighted by Crippen LogP contribution is 2.12. The summed E-state index contributed by atoms with van der Waals surface area (Å²) < 4.78 is 1.67.